The summed E-state index contributed by atoms with van der Waals surface area (Å²) < 4.78 is 0. The molecule has 0 radical (unpaired) electrons. The fraction of sp³-hybridized carbons (Fsp3) is 0.0526. The van der Waals surface area contributed by atoms with Gasteiger partial charge in [-0.05, 0) is 11.6 Å². The van der Waals surface area contributed by atoms with E-state index in [0.717, 1.165) is 0 Å². The Hall–Kier alpha value is -0.0200. The first-order chi connectivity index (χ1) is 14.5. The van der Waals surface area contributed by atoms with E-state index in [0.29, 0.717) is 11.1 Å². The predicted octanol–water partition coefficient (Wildman–Crippen LogP) is 11.0. The molecule has 0 saturated carbocycles. The van der Waals surface area contributed by atoms with E-state index in [9.17, 15) is 5.26 Å². The van der Waals surface area contributed by atoms with Crippen LogP contribution in [0.25, 0.3) is 22.4 Å². The summed E-state index contributed by atoms with van der Waals surface area (Å²) in [5.74, 6) is 0. The highest BCUT2D eigenvalue weighted by Crippen LogP contribution is 2.54. The van der Waals surface area contributed by atoms with E-state index in [2.05, 4.69) is 11.1 Å². The SMILES string of the molecule is N#CCc1ccnc(-c2c(Cl)c(Cl)c(Cl)c(Cl)c2Cl)c1-c1c(Cl)c(Cl)c(Cl)c(Cl)c1Cl. The van der Waals surface area contributed by atoms with Crippen LogP contribution >= 0.6 is 116 Å². The fourth-order valence-corrected chi connectivity index (χ4v) is 5.48. The standard InChI is InChI=1S/C19H4Cl10N2/c20-9-7(10(21)14(25)17(28)13(9)24)6-5(1-3-30)2-4-31-19(6)8-11(22)15(26)18(29)16(27)12(8)23/h2,4H,1H2. The largest absolute Gasteiger partial charge is 0.255 e. The number of hydrogen-bond acceptors (Lipinski definition) is 2. The minimum atomic E-state index is -0.0420. The normalized spacial score (nSPS) is 11.0. The lowest BCUT2D eigenvalue weighted by Crippen LogP contribution is -2.00. The Kier molecular flexibility index (Phi) is 8.32. The minimum absolute atomic E-state index is 0.00657. The van der Waals surface area contributed by atoms with Crippen LogP contribution < -0.4 is 0 Å². The van der Waals surface area contributed by atoms with Gasteiger partial charge in [-0.15, -0.1) is 0 Å². The molecular weight excluding hydrogens is 611 g/mol. The number of nitrogens with zero attached hydrogens (tertiary/aromatic N) is 2. The second kappa shape index (κ2) is 10.1. The van der Waals surface area contributed by atoms with Crippen molar-refractivity contribution in [1.82, 2.24) is 4.98 Å². The number of benzene rings is 2. The Morgan fingerprint density at radius 3 is 1.39 bits per heavy atom. The zero-order chi connectivity index (χ0) is 23.2. The van der Waals surface area contributed by atoms with Crippen molar-refractivity contribution >= 4 is 116 Å². The van der Waals surface area contributed by atoms with Gasteiger partial charge in [-0.25, -0.2) is 0 Å². The molecule has 1 heterocycles. The van der Waals surface area contributed by atoms with E-state index in [1.807, 2.05) is 0 Å². The fourth-order valence-electron chi connectivity index (χ4n) is 2.84. The Morgan fingerprint density at radius 1 is 0.581 bits per heavy atom. The maximum atomic E-state index is 9.36. The molecule has 0 N–H and O–H groups in total. The van der Waals surface area contributed by atoms with Crippen LogP contribution in [0.5, 0.6) is 0 Å². The van der Waals surface area contributed by atoms with Crippen molar-refractivity contribution in [3.8, 4) is 28.5 Å². The van der Waals surface area contributed by atoms with Crippen molar-refractivity contribution in [3.05, 3.63) is 68.1 Å². The van der Waals surface area contributed by atoms with E-state index < -0.39 is 0 Å². The summed E-state index contributed by atoms with van der Waals surface area (Å²) >= 11 is 63.2. The highest BCUT2D eigenvalue weighted by Gasteiger charge is 2.29. The average molecular weight is 615 g/mol. The van der Waals surface area contributed by atoms with Crippen LogP contribution in [0.4, 0.5) is 0 Å². The van der Waals surface area contributed by atoms with Crippen LogP contribution in [0, 0.1) is 11.3 Å². The second-order valence-corrected chi connectivity index (χ2v) is 9.70. The summed E-state index contributed by atoms with van der Waals surface area (Å²) in [6, 6.07) is 3.67. The molecule has 31 heavy (non-hydrogen) atoms. The summed E-state index contributed by atoms with van der Waals surface area (Å²) in [6.45, 7) is 0. The van der Waals surface area contributed by atoms with Crippen molar-refractivity contribution in [1.29, 1.82) is 5.26 Å². The van der Waals surface area contributed by atoms with E-state index in [4.69, 9.17) is 116 Å². The Morgan fingerprint density at radius 2 is 0.968 bits per heavy atom. The molecule has 1 aromatic heterocycles. The van der Waals surface area contributed by atoms with Crippen LogP contribution in [-0.2, 0) is 6.42 Å². The quantitative estimate of drug-likeness (QED) is 0.217. The van der Waals surface area contributed by atoms with Crippen molar-refractivity contribution in [2.75, 3.05) is 0 Å². The van der Waals surface area contributed by atoms with E-state index >= 15 is 0 Å². The summed E-state index contributed by atoms with van der Waals surface area (Å²) in [5, 5.41) is 9.14. The monoisotopic (exact) mass is 610 g/mol. The van der Waals surface area contributed by atoms with Crippen LogP contribution in [0.1, 0.15) is 5.56 Å². The smallest absolute Gasteiger partial charge is 0.0815 e. The molecule has 0 bridgehead atoms. The number of halogens is 10. The van der Waals surface area contributed by atoms with Crippen LogP contribution in [0.2, 0.25) is 50.2 Å². The average Bonchev–Trinajstić information content (AvgIpc) is 2.75. The number of aromatic nitrogens is 1. The van der Waals surface area contributed by atoms with E-state index in [1.165, 1.54) is 6.20 Å². The Bertz CT molecular complexity index is 1220. The second-order valence-electron chi connectivity index (χ2n) is 5.92. The molecule has 160 valence electrons. The van der Waals surface area contributed by atoms with Gasteiger partial charge in [0.2, 0.25) is 0 Å². The lowest BCUT2D eigenvalue weighted by molar-refractivity contribution is 1.22. The van der Waals surface area contributed by atoms with E-state index in [-0.39, 0.29) is 73.5 Å². The number of hydrogen-bond donors (Lipinski definition) is 0. The lowest BCUT2D eigenvalue weighted by Gasteiger charge is -2.20. The molecule has 0 unspecified atom stereocenters. The Labute approximate surface area is 227 Å². The van der Waals surface area contributed by atoms with Crippen molar-refractivity contribution in [2.24, 2.45) is 0 Å². The van der Waals surface area contributed by atoms with Gasteiger partial charge in [-0.2, -0.15) is 5.26 Å². The van der Waals surface area contributed by atoms with Gasteiger partial charge in [0.15, 0.2) is 0 Å². The van der Waals surface area contributed by atoms with Gasteiger partial charge < -0.3 is 0 Å². The maximum Gasteiger partial charge on any atom is 0.0815 e. The summed E-state index contributed by atoms with van der Waals surface area (Å²) in [5.41, 5.74) is 1.32. The van der Waals surface area contributed by atoms with Gasteiger partial charge in [0, 0.05) is 22.9 Å². The molecule has 0 aliphatic rings. The van der Waals surface area contributed by atoms with Crippen molar-refractivity contribution in [2.45, 2.75) is 6.42 Å². The first-order valence-corrected chi connectivity index (χ1v) is 11.7. The van der Waals surface area contributed by atoms with Crippen LogP contribution in [0.15, 0.2) is 12.3 Å². The first-order valence-electron chi connectivity index (χ1n) is 7.92. The van der Waals surface area contributed by atoms with Gasteiger partial charge >= 0.3 is 0 Å². The molecule has 2 nitrogen and oxygen atoms in total. The first kappa shape index (κ1) is 25.6. The Balaban J connectivity index is 2.57. The van der Waals surface area contributed by atoms with Gasteiger partial charge in [0.25, 0.3) is 0 Å². The van der Waals surface area contributed by atoms with Crippen molar-refractivity contribution in [3.63, 3.8) is 0 Å². The summed E-state index contributed by atoms with van der Waals surface area (Å²) in [4.78, 5) is 4.39. The van der Waals surface area contributed by atoms with Crippen LogP contribution in [0.3, 0.4) is 0 Å². The number of pyridine rings is 1. The molecular formula is C19H4Cl10N2. The highest BCUT2D eigenvalue weighted by atomic mass is 35.5. The molecule has 0 aliphatic heterocycles. The van der Waals surface area contributed by atoms with Crippen LogP contribution in [-0.4, -0.2) is 4.98 Å². The summed E-state index contributed by atoms with van der Waals surface area (Å²) in [6.07, 6.45) is 1.41. The third-order valence-electron chi connectivity index (χ3n) is 4.21. The maximum absolute atomic E-state index is 9.36. The third-order valence-corrected chi connectivity index (χ3v) is 8.77. The van der Waals surface area contributed by atoms with Gasteiger partial charge in [-0.1, -0.05) is 116 Å². The molecule has 0 atom stereocenters. The molecule has 0 amide bonds. The zero-order valence-electron chi connectivity index (χ0n) is 14.5. The predicted molar refractivity (Wildman–Crippen MR) is 135 cm³/mol. The molecule has 0 spiro atoms. The molecule has 2 aromatic carbocycles. The molecule has 12 heteroatoms. The zero-order valence-corrected chi connectivity index (χ0v) is 22.1. The molecule has 0 fully saturated rings. The van der Waals surface area contributed by atoms with Gasteiger partial charge in [0.05, 0.1) is 68.4 Å². The third kappa shape index (κ3) is 4.41. The summed E-state index contributed by atoms with van der Waals surface area (Å²) in [7, 11) is 0. The van der Waals surface area contributed by atoms with E-state index in [1.54, 1.807) is 6.07 Å². The van der Waals surface area contributed by atoms with Gasteiger partial charge in [-0.3, -0.25) is 4.98 Å². The lowest BCUT2D eigenvalue weighted by atomic mass is 9.93. The van der Waals surface area contributed by atoms with Gasteiger partial charge in [0.1, 0.15) is 0 Å². The molecule has 0 aliphatic carbocycles. The number of rotatable bonds is 3. The molecule has 0 saturated heterocycles. The highest BCUT2D eigenvalue weighted by molar-refractivity contribution is 6.58. The minimum Gasteiger partial charge on any atom is -0.255 e. The topological polar surface area (TPSA) is 36.7 Å². The number of nitriles is 1. The molecule has 3 rings (SSSR count). The van der Waals surface area contributed by atoms with Crippen molar-refractivity contribution < 1.29 is 0 Å². The molecule has 3 aromatic rings.